The van der Waals surface area contributed by atoms with Crippen molar-refractivity contribution < 1.29 is 9.53 Å². The molecule has 0 bridgehead atoms. The number of ether oxygens (including phenoxy) is 1. The smallest absolute Gasteiger partial charge is 0.228 e. The molecule has 1 unspecified atom stereocenters. The molecule has 5 nitrogen and oxygen atoms in total. The number of hydrogen-bond acceptors (Lipinski definition) is 5. The van der Waals surface area contributed by atoms with Crippen molar-refractivity contribution in [1.29, 1.82) is 0 Å². The summed E-state index contributed by atoms with van der Waals surface area (Å²) in [4.78, 5) is 22.8. The average Bonchev–Trinajstić information content (AvgIpc) is 3.06. The summed E-state index contributed by atoms with van der Waals surface area (Å²) in [5.74, 6) is 0.334. The van der Waals surface area contributed by atoms with Gasteiger partial charge in [-0.05, 0) is 39.8 Å². The molecule has 2 saturated heterocycles. The zero-order valence-corrected chi connectivity index (χ0v) is 15.2. The molecule has 0 aliphatic carbocycles. The molecule has 1 aromatic heterocycles. The van der Waals surface area contributed by atoms with Gasteiger partial charge < -0.3 is 9.64 Å². The Hall–Kier alpha value is -0.980. The molecule has 3 heterocycles. The quantitative estimate of drug-likeness (QED) is 0.826. The lowest BCUT2D eigenvalue weighted by atomic mass is 9.71. The van der Waals surface area contributed by atoms with Gasteiger partial charge in [-0.1, -0.05) is 0 Å². The molecule has 1 aromatic rings. The van der Waals surface area contributed by atoms with Crippen molar-refractivity contribution >= 4 is 17.2 Å². The molecule has 6 heteroatoms. The van der Waals surface area contributed by atoms with Crippen LogP contribution in [0.15, 0.2) is 5.51 Å². The van der Waals surface area contributed by atoms with Gasteiger partial charge in [0, 0.05) is 37.0 Å². The van der Waals surface area contributed by atoms with Gasteiger partial charge in [0.05, 0.1) is 23.7 Å². The molecule has 1 spiro atoms. The van der Waals surface area contributed by atoms with Crippen LogP contribution in [-0.2, 0) is 16.1 Å². The van der Waals surface area contributed by atoms with Crippen molar-refractivity contribution in [3.63, 3.8) is 0 Å². The molecule has 128 valence electrons. The summed E-state index contributed by atoms with van der Waals surface area (Å²) in [7, 11) is 1.71. The Kier molecular flexibility index (Phi) is 5.04. The second-order valence-corrected chi connectivity index (χ2v) is 7.80. The minimum atomic E-state index is 0.0414. The lowest BCUT2D eigenvalue weighted by Crippen LogP contribution is -2.45. The first kappa shape index (κ1) is 16.9. The van der Waals surface area contributed by atoms with E-state index in [2.05, 4.69) is 23.7 Å². The first-order valence-electron chi connectivity index (χ1n) is 8.48. The maximum Gasteiger partial charge on any atom is 0.228 e. The first-order chi connectivity index (χ1) is 11.1. The molecule has 2 aliphatic rings. The van der Waals surface area contributed by atoms with Gasteiger partial charge in [0.25, 0.3) is 0 Å². The Morgan fingerprint density at radius 2 is 2.17 bits per heavy atom. The highest BCUT2D eigenvalue weighted by Crippen LogP contribution is 2.45. The summed E-state index contributed by atoms with van der Waals surface area (Å²) in [5.41, 5.74) is 3.20. The predicted molar refractivity (Wildman–Crippen MR) is 91.4 cm³/mol. The standard InChI is InChI=1S/C17H27N3O2S/c1-4-20-11-17(14(10-22-3)16(20)21)5-7-19(8-6-17)9-15-13(2)18-12-23-15/h12,14H,4-11H2,1-3H3. The summed E-state index contributed by atoms with van der Waals surface area (Å²) in [5, 5.41) is 0. The van der Waals surface area contributed by atoms with E-state index in [1.165, 1.54) is 4.88 Å². The number of methoxy groups -OCH3 is 1. The molecule has 0 aromatic carbocycles. The van der Waals surface area contributed by atoms with Crippen molar-refractivity contribution in [2.75, 3.05) is 39.9 Å². The van der Waals surface area contributed by atoms with Crippen molar-refractivity contribution in [2.24, 2.45) is 11.3 Å². The number of aromatic nitrogens is 1. The van der Waals surface area contributed by atoms with Crippen molar-refractivity contribution in [1.82, 2.24) is 14.8 Å². The SMILES string of the molecule is CCN1CC2(CCN(Cc3scnc3C)CC2)C(COC)C1=O. The third-order valence-electron chi connectivity index (χ3n) is 5.63. The predicted octanol–water partition coefficient (Wildman–Crippen LogP) is 2.16. The van der Waals surface area contributed by atoms with E-state index < -0.39 is 0 Å². The summed E-state index contributed by atoms with van der Waals surface area (Å²) in [6.07, 6.45) is 2.17. The Balaban J connectivity index is 1.66. The Morgan fingerprint density at radius 1 is 1.43 bits per heavy atom. The van der Waals surface area contributed by atoms with Gasteiger partial charge in [0.2, 0.25) is 5.91 Å². The molecule has 1 atom stereocenters. The van der Waals surface area contributed by atoms with Crippen LogP contribution in [0.25, 0.3) is 0 Å². The van der Waals surface area contributed by atoms with Crippen LogP contribution < -0.4 is 0 Å². The van der Waals surface area contributed by atoms with Gasteiger partial charge in [-0.25, -0.2) is 4.98 Å². The molecule has 2 aliphatic heterocycles. The van der Waals surface area contributed by atoms with Crippen molar-refractivity contribution in [2.45, 2.75) is 33.2 Å². The number of carbonyl (C=O) groups excluding carboxylic acids is 1. The highest BCUT2D eigenvalue weighted by atomic mass is 32.1. The number of amides is 1. The van der Waals surface area contributed by atoms with Crippen molar-refractivity contribution in [3.8, 4) is 0 Å². The lowest BCUT2D eigenvalue weighted by molar-refractivity contribution is -0.133. The van der Waals surface area contributed by atoms with Gasteiger partial charge in [0.1, 0.15) is 0 Å². The first-order valence-corrected chi connectivity index (χ1v) is 9.36. The van der Waals surface area contributed by atoms with E-state index in [9.17, 15) is 4.79 Å². The third kappa shape index (κ3) is 3.16. The highest BCUT2D eigenvalue weighted by molar-refractivity contribution is 7.09. The second kappa shape index (κ2) is 6.87. The number of rotatable bonds is 5. The van der Waals surface area contributed by atoms with Crippen LogP contribution in [0.3, 0.4) is 0 Å². The molecule has 0 radical (unpaired) electrons. The van der Waals surface area contributed by atoms with E-state index in [1.54, 1.807) is 18.4 Å². The van der Waals surface area contributed by atoms with Crippen LogP contribution in [0.5, 0.6) is 0 Å². The lowest BCUT2D eigenvalue weighted by Gasteiger charge is -2.41. The average molecular weight is 337 g/mol. The summed E-state index contributed by atoms with van der Waals surface area (Å²) < 4.78 is 5.38. The normalized spacial score (nSPS) is 24.7. The van der Waals surface area contributed by atoms with Gasteiger partial charge in [0.15, 0.2) is 0 Å². The molecule has 0 N–H and O–H groups in total. The second-order valence-electron chi connectivity index (χ2n) is 6.86. The Bertz CT molecular complexity index is 552. The molecular formula is C17H27N3O2S. The largest absolute Gasteiger partial charge is 0.384 e. The van der Waals surface area contributed by atoms with Gasteiger partial charge in [-0.15, -0.1) is 11.3 Å². The van der Waals surface area contributed by atoms with Crippen LogP contribution >= 0.6 is 11.3 Å². The topological polar surface area (TPSA) is 45.7 Å². The molecule has 2 fully saturated rings. The number of aryl methyl sites for hydroxylation is 1. The van der Waals surface area contributed by atoms with Gasteiger partial charge in [-0.2, -0.15) is 0 Å². The summed E-state index contributed by atoms with van der Waals surface area (Å²) in [6, 6.07) is 0. The molecule has 23 heavy (non-hydrogen) atoms. The number of likely N-dealkylation sites (tertiary alicyclic amines) is 2. The van der Waals surface area contributed by atoms with E-state index >= 15 is 0 Å². The fourth-order valence-corrected chi connectivity index (χ4v) is 4.90. The zero-order chi connectivity index (χ0) is 16.4. The fourth-order valence-electron chi connectivity index (χ4n) is 4.08. The van der Waals surface area contributed by atoms with Crippen LogP contribution in [0.2, 0.25) is 0 Å². The Morgan fingerprint density at radius 3 is 2.74 bits per heavy atom. The number of carbonyl (C=O) groups is 1. The fraction of sp³-hybridized carbons (Fsp3) is 0.765. The van der Waals surface area contributed by atoms with Crippen LogP contribution in [-0.4, -0.2) is 60.6 Å². The minimum Gasteiger partial charge on any atom is -0.384 e. The van der Waals surface area contributed by atoms with Crippen molar-refractivity contribution in [3.05, 3.63) is 16.1 Å². The molecule has 0 saturated carbocycles. The molecule has 1 amide bonds. The van der Waals surface area contributed by atoms with E-state index in [-0.39, 0.29) is 11.3 Å². The van der Waals surface area contributed by atoms with Crippen LogP contribution in [0, 0.1) is 18.3 Å². The monoisotopic (exact) mass is 337 g/mol. The van der Waals surface area contributed by atoms with E-state index in [0.717, 1.165) is 51.3 Å². The maximum absolute atomic E-state index is 12.6. The number of hydrogen-bond donors (Lipinski definition) is 0. The number of thiazole rings is 1. The summed E-state index contributed by atoms with van der Waals surface area (Å²) in [6.45, 7) is 9.54. The third-order valence-corrected chi connectivity index (χ3v) is 6.55. The zero-order valence-electron chi connectivity index (χ0n) is 14.4. The Labute approximate surface area is 142 Å². The van der Waals surface area contributed by atoms with E-state index in [0.29, 0.717) is 12.5 Å². The maximum atomic E-state index is 12.6. The highest BCUT2D eigenvalue weighted by Gasteiger charge is 2.52. The molecule has 3 rings (SSSR count). The van der Waals surface area contributed by atoms with Crippen LogP contribution in [0.1, 0.15) is 30.3 Å². The minimum absolute atomic E-state index is 0.0414. The number of nitrogens with zero attached hydrogens (tertiary/aromatic N) is 3. The van der Waals surface area contributed by atoms with Gasteiger partial charge >= 0.3 is 0 Å². The number of piperidine rings is 1. The summed E-state index contributed by atoms with van der Waals surface area (Å²) >= 11 is 1.74. The van der Waals surface area contributed by atoms with E-state index in [1.807, 2.05) is 10.4 Å². The van der Waals surface area contributed by atoms with E-state index in [4.69, 9.17) is 4.74 Å². The molecular weight excluding hydrogens is 310 g/mol. The van der Waals surface area contributed by atoms with Crippen LogP contribution in [0.4, 0.5) is 0 Å². The van der Waals surface area contributed by atoms with Gasteiger partial charge in [-0.3, -0.25) is 9.69 Å².